The van der Waals surface area contributed by atoms with E-state index in [1.807, 2.05) is 19.1 Å². The third-order valence-electron chi connectivity index (χ3n) is 2.72. The van der Waals surface area contributed by atoms with Crippen LogP contribution < -0.4 is 10.1 Å². The maximum atomic E-state index is 6.07. The van der Waals surface area contributed by atoms with Gasteiger partial charge in [-0.05, 0) is 47.3 Å². The van der Waals surface area contributed by atoms with Crippen LogP contribution in [0.5, 0.6) is 5.75 Å². The molecule has 1 rings (SSSR count). The smallest absolute Gasteiger partial charge is 0.156 e. The van der Waals surface area contributed by atoms with Crippen molar-refractivity contribution >= 4 is 33.2 Å². The van der Waals surface area contributed by atoms with Crippen molar-refractivity contribution in [3.05, 3.63) is 21.6 Å². The van der Waals surface area contributed by atoms with Crippen molar-refractivity contribution in [1.82, 2.24) is 0 Å². The van der Waals surface area contributed by atoms with Gasteiger partial charge < -0.3 is 10.1 Å². The zero-order valence-corrected chi connectivity index (χ0v) is 13.6. The molecule has 1 aromatic rings. The Kier molecular flexibility index (Phi) is 6.87. The zero-order valence-electron chi connectivity index (χ0n) is 11.2. The highest BCUT2D eigenvalue weighted by atomic mass is 79.9. The molecular weight excluding hydrogens is 314 g/mol. The van der Waals surface area contributed by atoms with Crippen molar-refractivity contribution < 1.29 is 4.74 Å². The first-order chi connectivity index (χ1) is 8.58. The summed E-state index contributed by atoms with van der Waals surface area (Å²) in [5, 5.41) is 4.13. The predicted molar refractivity (Wildman–Crippen MR) is 82.9 cm³/mol. The van der Waals surface area contributed by atoms with Gasteiger partial charge in [0.2, 0.25) is 0 Å². The molecular formula is C14H21BrClNO. The van der Waals surface area contributed by atoms with Gasteiger partial charge in [0.1, 0.15) is 0 Å². The highest BCUT2D eigenvalue weighted by molar-refractivity contribution is 9.10. The van der Waals surface area contributed by atoms with Gasteiger partial charge in [0.05, 0.1) is 16.8 Å². The van der Waals surface area contributed by atoms with Crippen LogP contribution in [0.2, 0.25) is 5.02 Å². The van der Waals surface area contributed by atoms with E-state index in [2.05, 4.69) is 35.1 Å². The highest BCUT2D eigenvalue weighted by Gasteiger charge is 2.11. The summed E-state index contributed by atoms with van der Waals surface area (Å²) < 4.78 is 6.54. The Morgan fingerprint density at radius 1 is 1.39 bits per heavy atom. The van der Waals surface area contributed by atoms with Crippen LogP contribution in [0.4, 0.5) is 5.69 Å². The van der Waals surface area contributed by atoms with Crippen LogP contribution in [-0.2, 0) is 0 Å². The molecule has 0 spiro atoms. The number of nitrogens with one attached hydrogen (secondary N) is 1. The summed E-state index contributed by atoms with van der Waals surface area (Å²) in [5.74, 6) is 1.48. The Balaban J connectivity index is 2.79. The number of anilines is 1. The third-order valence-corrected chi connectivity index (χ3v) is 3.53. The zero-order chi connectivity index (χ0) is 13.5. The Bertz CT molecular complexity index is 384. The minimum atomic E-state index is 0.638. The topological polar surface area (TPSA) is 21.3 Å². The second-order valence-electron chi connectivity index (χ2n) is 4.47. The van der Waals surface area contributed by atoms with Gasteiger partial charge >= 0.3 is 0 Å². The molecule has 4 heteroatoms. The standard InChI is InChI=1S/C14H21BrClNO/c1-4-6-10(3)9-17-13-8-11(16)7-12(15)14(13)18-5-2/h7-8,10,17H,4-6,9H2,1-3H3. The normalized spacial score (nSPS) is 12.3. The summed E-state index contributed by atoms with van der Waals surface area (Å²) in [5.41, 5.74) is 0.958. The van der Waals surface area contributed by atoms with Gasteiger partial charge in [-0.1, -0.05) is 31.9 Å². The molecule has 0 radical (unpaired) electrons. The lowest BCUT2D eigenvalue weighted by atomic mass is 10.1. The van der Waals surface area contributed by atoms with Crippen molar-refractivity contribution in [3.8, 4) is 5.75 Å². The van der Waals surface area contributed by atoms with E-state index in [9.17, 15) is 0 Å². The Morgan fingerprint density at radius 3 is 2.72 bits per heavy atom. The molecule has 2 nitrogen and oxygen atoms in total. The molecule has 102 valence electrons. The second-order valence-corrected chi connectivity index (χ2v) is 5.76. The van der Waals surface area contributed by atoms with E-state index >= 15 is 0 Å². The first-order valence-electron chi connectivity index (χ1n) is 6.44. The summed E-state index contributed by atoms with van der Waals surface area (Å²) in [6.45, 7) is 8.00. The van der Waals surface area contributed by atoms with E-state index in [0.29, 0.717) is 17.5 Å². The van der Waals surface area contributed by atoms with Crippen LogP contribution in [0.25, 0.3) is 0 Å². The average molecular weight is 335 g/mol. The molecule has 0 saturated carbocycles. The minimum absolute atomic E-state index is 0.638. The number of hydrogen-bond acceptors (Lipinski definition) is 2. The summed E-state index contributed by atoms with van der Waals surface area (Å²) in [6, 6.07) is 3.77. The largest absolute Gasteiger partial charge is 0.491 e. The fourth-order valence-electron chi connectivity index (χ4n) is 1.86. The first kappa shape index (κ1) is 15.6. The third kappa shape index (κ3) is 4.69. The maximum absolute atomic E-state index is 6.07. The summed E-state index contributed by atoms with van der Waals surface area (Å²) in [4.78, 5) is 0. The van der Waals surface area contributed by atoms with Crippen molar-refractivity contribution in [2.24, 2.45) is 5.92 Å². The lowest BCUT2D eigenvalue weighted by Gasteiger charge is -2.17. The Hall–Kier alpha value is -0.410. The van der Waals surface area contributed by atoms with Gasteiger partial charge in [-0.3, -0.25) is 0 Å². The molecule has 0 saturated heterocycles. The average Bonchev–Trinajstić information content (AvgIpc) is 2.31. The Labute approximate surface area is 123 Å². The molecule has 0 amide bonds. The van der Waals surface area contributed by atoms with Crippen LogP contribution in [0.3, 0.4) is 0 Å². The monoisotopic (exact) mass is 333 g/mol. The summed E-state index contributed by atoms with van der Waals surface area (Å²) >= 11 is 9.56. The quantitative estimate of drug-likeness (QED) is 0.725. The van der Waals surface area contributed by atoms with E-state index in [0.717, 1.165) is 22.5 Å². The van der Waals surface area contributed by atoms with Crippen molar-refractivity contribution in [1.29, 1.82) is 0 Å². The van der Waals surface area contributed by atoms with Gasteiger partial charge in [-0.2, -0.15) is 0 Å². The molecule has 0 aliphatic heterocycles. The minimum Gasteiger partial charge on any atom is -0.491 e. The molecule has 0 fully saturated rings. The fraction of sp³-hybridized carbons (Fsp3) is 0.571. The summed E-state index contributed by atoms with van der Waals surface area (Å²) in [6.07, 6.45) is 2.43. The van der Waals surface area contributed by atoms with Crippen molar-refractivity contribution in [3.63, 3.8) is 0 Å². The van der Waals surface area contributed by atoms with Gasteiger partial charge in [0.25, 0.3) is 0 Å². The van der Waals surface area contributed by atoms with Gasteiger partial charge in [-0.15, -0.1) is 0 Å². The van der Waals surface area contributed by atoms with E-state index < -0.39 is 0 Å². The van der Waals surface area contributed by atoms with Crippen molar-refractivity contribution in [2.75, 3.05) is 18.5 Å². The SMILES string of the molecule is CCCC(C)CNc1cc(Cl)cc(Br)c1OCC. The molecule has 1 atom stereocenters. The molecule has 0 bridgehead atoms. The summed E-state index contributed by atoms with van der Waals surface area (Å²) in [7, 11) is 0. The van der Waals surface area contributed by atoms with E-state index in [-0.39, 0.29) is 0 Å². The Morgan fingerprint density at radius 2 is 2.11 bits per heavy atom. The molecule has 1 aromatic carbocycles. The van der Waals surface area contributed by atoms with Crippen molar-refractivity contribution in [2.45, 2.75) is 33.6 Å². The number of rotatable bonds is 7. The molecule has 1 unspecified atom stereocenters. The lowest BCUT2D eigenvalue weighted by molar-refractivity contribution is 0.339. The van der Waals surface area contributed by atoms with Gasteiger partial charge in [0.15, 0.2) is 5.75 Å². The van der Waals surface area contributed by atoms with E-state index in [1.54, 1.807) is 0 Å². The molecule has 0 heterocycles. The van der Waals surface area contributed by atoms with E-state index in [1.165, 1.54) is 12.8 Å². The number of ether oxygens (including phenoxy) is 1. The van der Waals surface area contributed by atoms with Gasteiger partial charge in [0, 0.05) is 11.6 Å². The fourth-order valence-corrected chi connectivity index (χ4v) is 2.79. The van der Waals surface area contributed by atoms with Crippen LogP contribution in [0.1, 0.15) is 33.6 Å². The van der Waals surface area contributed by atoms with Gasteiger partial charge in [-0.25, -0.2) is 0 Å². The number of hydrogen-bond donors (Lipinski definition) is 1. The maximum Gasteiger partial charge on any atom is 0.156 e. The van der Waals surface area contributed by atoms with Crippen LogP contribution in [0, 0.1) is 5.92 Å². The highest BCUT2D eigenvalue weighted by Crippen LogP contribution is 2.36. The molecule has 0 aromatic heterocycles. The lowest BCUT2D eigenvalue weighted by Crippen LogP contribution is -2.12. The second kappa shape index (κ2) is 7.90. The molecule has 0 aliphatic carbocycles. The van der Waals surface area contributed by atoms with Crippen LogP contribution in [0.15, 0.2) is 16.6 Å². The molecule has 0 aliphatic rings. The number of halogens is 2. The predicted octanol–water partition coefficient (Wildman–Crippen LogP) is 5.35. The van der Waals surface area contributed by atoms with E-state index in [4.69, 9.17) is 16.3 Å². The number of benzene rings is 1. The van der Waals surface area contributed by atoms with Crippen LogP contribution in [-0.4, -0.2) is 13.2 Å². The molecule has 1 N–H and O–H groups in total. The van der Waals surface area contributed by atoms with Crippen LogP contribution >= 0.6 is 27.5 Å². The molecule has 18 heavy (non-hydrogen) atoms. The first-order valence-corrected chi connectivity index (χ1v) is 7.61.